The third-order valence-corrected chi connectivity index (χ3v) is 4.31. The molecule has 3 unspecified atom stereocenters. The molecule has 1 N–H and O–H groups in total. The highest BCUT2D eigenvalue weighted by atomic mass is 16.5. The predicted octanol–water partition coefficient (Wildman–Crippen LogP) is 2.51. The molecule has 18 heavy (non-hydrogen) atoms. The van der Waals surface area contributed by atoms with E-state index >= 15 is 0 Å². The number of hydrogen-bond donors (Lipinski definition) is 1. The molecule has 0 radical (unpaired) electrons. The molecule has 1 aliphatic heterocycles. The molecule has 0 aromatic rings. The van der Waals surface area contributed by atoms with E-state index in [0.29, 0.717) is 6.04 Å². The van der Waals surface area contributed by atoms with Gasteiger partial charge in [0.05, 0.1) is 0 Å². The quantitative estimate of drug-likeness (QED) is 0.722. The Bertz CT molecular complexity index is 211. The molecule has 1 saturated heterocycles. The lowest BCUT2D eigenvalue weighted by Gasteiger charge is -2.41. The van der Waals surface area contributed by atoms with Crippen LogP contribution in [-0.2, 0) is 4.74 Å². The van der Waals surface area contributed by atoms with Gasteiger partial charge in [-0.2, -0.15) is 0 Å². The molecule has 1 aliphatic rings. The summed E-state index contributed by atoms with van der Waals surface area (Å²) in [7, 11) is 1.79. The van der Waals surface area contributed by atoms with Crippen LogP contribution in [0.3, 0.4) is 0 Å². The van der Waals surface area contributed by atoms with Crippen LogP contribution in [0.5, 0.6) is 0 Å². The lowest BCUT2D eigenvalue weighted by molar-refractivity contribution is 0.0803. The third-order valence-electron chi connectivity index (χ3n) is 4.31. The van der Waals surface area contributed by atoms with Crippen LogP contribution in [0.15, 0.2) is 0 Å². The molecule has 1 heterocycles. The van der Waals surface area contributed by atoms with E-state index in [1.807, 2.05) is 0 Å². The Kier molecular flexibility index (Phi) is 7.87. The van der Waals surface area contributed by atoms with Crippen LogP contribution in [0.1, 0.15) is 46.5 Å². The van der Waals surface area contributed by atoms with Crippen LogP contribution in [0.4, 0.5) is 0 Å². The highest BCUT2D eigenvalue weighted by Gasteiger charge is 2.29. The summed E-state index contributed by atoms with van der Waals surface area (Å²) < 4.78 is 5.19. The van der Waals surface area contributed by atoms with Crippen LogP contribution in [0, 0.1) is 5.92 Å². The topological polar surface area (TPSA) is 24.5 Å². The maximum absolute atomic E-state index is 5.19. The van der Waals surface area contributed by atoms with Crippen molar-refractivity contribution in [3.63, 3.8) is 0 Å². The van der Waals surface area contributed by atoms with Crippen molar-refractivity contribution in [3.05, 3.63) is 0 Å². The molecule has 0 aromatic carbocycles. The highest BCUT2D eigenvalue weighted by molar-refractivity contribution is 4.86. The molecule has 1 fully saturated rings. The van der Waals surface area contributed by atoms with Crippen molar-refractivity contribution in [1.29, 1.82) is 0 Å². The van der Waals surface area contributed by atoms with E-state index in [1.54, 1.807) is 7.11 Å². The van der Waals surface area contributed by atoms with Gasteiger partial charge in [0.2, 0.25) is 0 Å². The highest BCUT2D eigenvalue weighted by Crippen LogP contribution is 2.22. The van der Waals surface area contributed by atoms with Gasteiger partial charge in [-0.1, -0.05) is 20.3 Å². The Hall–Kier alpha value is -0.120. The zero-order valence-electron chi connectivity index (χ0n) is 12.7. The SMILES string of the molecule is CCCNC1CCN(C(C)CCOC)CC1CC. The summed E-state index contributed by atoms with van der Waals surface area (Å²) in [5.74, 6) is 0.815. The molecule has 3 heteroatoms. The minimum atomic E-state index is 0.658. The second-order valence-electron chi connectivity index (χ2n) is 5.64. The monoisotopic (exact) mass is 256 g/mol. The second kappa shape index (κ2) is 8.89. The smallest absolute Gasteiger partial charge is 0.0477 e. The van der Waals surface area contributed by atoms with Gasteiger partial charge in [0, 0.05) is 32.3 Å². The first kappa shape index (κ1) is 15.9. The standard InChI is InChI=1S/C15H32N2O/c1-5-9-16-15-7-10-17(12-14(15)6-2)13(3)8-11-18-4/h13-16H,5-12H2,1-4H3. The van der Waals surface area contributed by atoms with Crippen LogP contribution in [0.2, 0.25) is 0 Å². The average Bonchev–Trinajstić information content (AvgIpc) is 2.42. The van der Waals surface area contributed by atoms with Crippen LogP contribution in [-0.4, -0.2) is 50.3 Å². The van der Waals surface area contributed by atoms with E-state index in [0.717, 1.165) is 25.0 Å². The van der Waals surface area contributed by atoms with Gasteiger partial charge in [-0.25, -0.2) is 0 Å². The van der Waals surface area contributed by atoms with Gasteiger partial charge in [-0.05, 0) is 45.2 Å². The fraction of sp³-hybridized carbons (Fsp3) is 1.00. The molecule has 1 rings (SSSR count). The summed E-state index contributed by atoms with van der Waals surface area (Å²) in [5, 5.41) is 3.72. The van der Waals surface area contributed by atoms with Crippen molar-refractivity contribution in [2.24, 2.45) is 5.92 Å². The number of ether oxygens (including phenoxy) is 1. The number of likely N-dealkylation sites (tertiary alicyclic amines) is 1. The molecule has 0 saturated carbocycles. The lowest BCUT2D eigenvalue weighted by Crippen LogP contribution is -2.51. The predicted molar refractivity (Wildman–Crippen MR) is 78.0 cm³/mol. The van der Waals surface area contributed by atoms with E-state index in [9.17, 15) is 0 Å². The van der Waals surface area contributed by atoms with Crippen molar-refractivity contribution < 1.29 is 4.74 Å². The van der Waals surface area contributed by atoms with Gasteiger partial charge in [-0.15, -0.1) is 0 Å². The summed E-state index contributed by atoms with van der Waals surface area (Å²) in [6, 6.07) is 1.40. The van der Waals surface area contributed by atoms with Gasteiger partial charge in [0.1, 0.15) is 0 Å². The fourth-order valence-electron chi connectivity index (χ4n) is 2.94. The minimum Gasteiger partial charge on any atom is -0.385 e. The molecule has 0 amide bonds. The van der Waals surface area contributed by atoms with E-state index in [2.05, 4.69) is 31.0 Å². The molecule has 3 atom stereocenters. The Morgan fingerprint density at radius 3 is 2.78 bits per heavy atom. The van der Waals surface area contributed by atoms with Crippen LogP contribution in [0.25, 0.3) is 0 Å². The molecule has 3 nitrogen and oxygen atoms in total. The van der Waals surface area contributed by atoms with E-state index < -0.39 is 0 Å². The first-order valence-electron chi connectivity index (χ1n) is 7.69. The van der Waals surface area contributed by atoms with E-state index in [-0.39, 0.29) is 0 Å². The zero-order valence-corrected chi connectivity index (χ0v) is 12.7. The normalized spacial score (nSPS) is 27.3. The Balaban J connectivity index is 2.39. The molecule has 0 bridgehead atoms. The van der Waals surface area contributed by atoms with E-state index in [1.165, 1.54) is 38.9 Å². The Morgan fingerprint density at radius 2 is 2.17 bits per heavy atom. The molecular weight excluding hydrogens is 224 g/mol. The number of hydrogen-bond acceptors (Lipinski definition) is 3. The number of rotatable bonds is 8. The van der Waals surface area contributed by atoms with Crippen molar-refractivity contribution in [1.82, 2.24) is 10.2 Å². The number of piperidine rings is 1. The largest absolute Gasteiger partial charge is 0.385 e. The minimum absolute atomic E-state index is 0.658. The van der Waals surface area contributed by atoms with Gasteiger partial charge < -0.3 is 15.0 Å². The number of methoxy groups -OCH3 is 1. The molecule has 0 aromatic heterocycles. The molecular formula is C15H32N2O. The van der Waals surface area contributed by atoms with Gasteiger partial charge >= 0.3 is 0 Å². The number of nitrogens with zero attached hydrogens (tertiary/aromatic N) is 1. The Labute approximate surface area is 113 Å². The molecule has 108 valence electrons. The summed E-state index contributed by atoms with van der Waals surface area (Å²) in [6.45, 7) is 11.5. The lowest BCUT2D eigenvalue weighted by atomic mass is 9.89. The van der Waals surface area contributed by atoms with Crippen molar-refractivity contribution in [2.75, 3.05) is 33.4 Å². The number of nitrogens with one attached hydrogen (secondary N) is 1. The summed E-state index contributed by atoms with van der Waals surface area (Å²) in [6.07, 6.45) is 4.98. The molecule has 0 spiro atoms. The fourth-order valence-corrected chi connectivity index (χ4v) is 2.94. The summed E-state index contributed by atoms with van der Waals surface area (Å²) in [4.78, 5) is 2.65. The molecule has 0 aliphatic carbocycles. The average molecular weight is 256 g/mol. The second-order valence-corrected chi connectivity index (χ2v) is 5.64. The Morgan fingerprint density at radius 1 is 1.39 bits per heavy atom. The summed E-state index contributed by atoms with van der Waals surface area (Å²) in [5.41, 5.74) is 0. The van der Waals surface area contributed by atoms with Gasteiger partial charge in [0.15, 0.2) is 0 Å². The maximum atomic E-state index is 5.19. The van der Waals surface area contributed by atoms with E-state index in [4.69, 9.17) is 4.74 Å². The third kappa shape index (κ3) is 4.87. The van der Waals surface area contributed by atoms with Gasteiger partial charge in [0.25, 0.3) is 0 Å². The van der Waals surface area contributed by atoms with Crippen molar-refractivity contribution in [3.8, 4) is 0 Å². The zero-order chi connectivity index (χ0) is 13.4. The first-order chi connectivity index (χ1) is 8.72. The van der Waals surface area contributed by atoms with Crippen molar-refractivity contribution >= 4 is 0 Å². The maximum Gasteiger partial charge on any atom is 0.0477 e. The van der Waals surface area contributed by atoms with Crippen molar-refractivity contribution in [2.45, 2.75) is 58.5 Å². The first-order valence-corrected chi connectivity index (χ1v) is 7.69. The van der Waals surface area contributed by atoms with Gasteiger partial charge in [-0.3, -0.25) is 0 Å². The van der Waals surface area contributed by atoms with Crippen LogP contribution >= 0.6 is 0 Å². The van der Waals surface area contributed by atoms with Crippen LogP contribution < -0.4 is 5.32 Å². The summed E-state index contributed by atoms with van der Waals surface area (Å²) >= 11 is 0.